The normalized spacial score (nSPS) is 13.7. The number of nitrogens with one attached hydrogen (secondary N) is 2. The molecule has 2 atom stereocenters. The van der Waals surface area contributed by atoms with E-state index in [4.69, 9.17) is 0 Å². The summed E-state index contributed by atoms with van der Waals surface area (Å²) in [6, 6.07) is 14.8. The lowest BCUT2D eigenvalue weighted by atomic mass is 9.94. The van der Waals surface area contributed by atoms with E-state index in [2.05, 4.69) is 71.3 Å². The summed E-state index contributed by atoms with van der Waals surface area (Å²) in [5.41, 5.74) is 1.28. The molecule has 6 heteroatoms. The number of carbonyl (C=O) groups is 1. The van der Waals surface area contributed by atoms with Crippen LogP contribution in [0.25, 0.3) is 0 Å². The predicted octanol–water partition coefficient (Wildman–Crippen LogP) is 3.11. The lowest BCUT2D eigenvalue weighted by Crippen LogP contribution is -2.45. The van der Waals surface area contributed by atoms with E-state index in [1.54, 1.807) is 30.3 Å². The van der Waals surface area contributed by atoms with E-state index in [1.165, 1.54) is 10.4 Å². The molecule has 0 aliphatic heterocycles. The first-order chi connectivity index (χ1) is 13.0. The van der Waals surface area contributed by atoms with Crippen molar-refractivity contribution in [2.45, 2.75) is 32.2 Å². The third-order valence-electron chi connectivity index (χ3n) is 4.55. The molecule has 0 aliphatic rings. The van der Waals surface area contributed by atoms with Crippen molar-refractivity contribution in [3.8, 4) is 0 Å². The van der Waals surface area contributed by atoms with Gasteiger partial charge in [-0.1, -0.05) is 43.3 Å². The third-order valence-corrected chi connectivity index (χ3v) is 5.49. The van der Waals surface area contributed by atoms with Crippen LogP contribution in [0.4, 0.5) is 0 Å². The molecule has 5 nitrogen and oxygen atoms in total. The van der Waals surface area contributed by atoms with E-state index < -0.39 is 0 Å². The molecule has 0 spiro atoms. The van der Waals surface area contributed by atoms with Crippen LogP contribution in [-0.2, 0) is 11.2 Å². The van der Waals surface area contributed by atoms with E-state index in [9.17, 15) is 4.79 Å². The summed E-state index contributed by atoms with van der Waals surface area (Å²) < 4.78 is 0. The Morgan fingerprint density at radius 2 is 1.89 bits per heavy atom. The summed E-state index contributed by atoms with van der Waals surface area (Å²) in [7, 11) is 3.49. The van der Waals surface area contributed by atoms with Gasteiger partial charge in [-0.3, -0.25) is 4.79 Å². The van der Waals surface area contributed by atoms with Gasteiger partial charge in [0.25, 0.3) is 0 Å². The quantitative estimate of drug-likeness (QED) is 0.541. The molecule has 0 aliphatic carbocycles. The molecule has 0 bridgehead atoms. The van der Waals surface area contributed by atoms with Crippen LogP contribution in [0.2, 0.25) is 0 Å². The molecule has 1 aromatic heterocycles. The highest BCUT2D eigenvalue weighted by molar-refractivity contribution is 7.09. The van der Waals surface area contributed by atoms with Crippen molar-refractivity contribution in [3.05, 3.63) is 58.3 Å². The van der Waals surface area contributed by atoms with E-state index in [1.807, 2.05) is 6.07 Å². The van der Waals surface area contributed by atoms with Gasteiger partial charge in [0, 0.05) is 37.5 Å². The molecular weight excluding hydrogens is 356 g/mol. The number of amides is 1. The first kappa shape index (κ1) is 21.0. The first-order valence-corrected chi connectivity index (χ1v) is 10.2. The summed E-state index contributed by atoms with van der Waals surface area (Å²) in [4.78, 5) is 19.3. The van der Waals surface area contributed by atoms with Crippen LogP contribution in [0, 0.1) is 0 Å². The largest absolute Gasteiger partial charge is 0.356 e. The topological polar surface area (TPSA) is 56.7 Å². The second-order valence-corrected chi connectivity index (χ2v) is 7.87. The maximum atomic E-state index is 11.9. The highest BCUT2D eigenvalue weighted by Crippen LogP contribution is 2.18. The molecule has 0 saturated carbocycles. The fourth-order valence-corrected chi connectivity index (χ4v) is 3.29. The number of thiophene rings is 1. The van der Waals surface area contributed by atoms with Gasteiger partial charge in [0.15, 0.2) is 5.96 Å². The van der Waals surface area contributed by atoms with Crippen LogP contribution in [-0.4, -0.2) is 50.0 Å². The molecule has 2 N–H and O–H groups in total. The molecule has 146 valence electrons. The molecule has 1 heterocycles. The Morgan fingerprint density at radius 1 is 1.15 bits per heavy atom. The van der Waals surface area contributed by atoms with Crippen molar-refractivity contribution in [1.29, 1.82) is 0 Å². The van der Waals surface area contributed by atoms with Gasteiger partial charge in [-0.25, -0.2) is 4.99 Å². The van der Waals surface area contributed by atoms with Crippen LogP contribution in [0.5, 0.6) is 0 Å². The van der Waals surface area contributed by atoms with Crippen molar-refractivity contribution >= 4 is 23.2 Å². The van der Waals surface area contributed by atoms with E-state index in [0.29, 0.717) is 11.9 Å². The molecule has 27 heavy (non-hydrogen) atoms. The predicted molar refractivity (Wildman–Crippen MR) is 114 cm³/mol. The van der Waals surface area contributed by atoms with Crippen molar-refractivity contribution in [1.82, 2.24) is 15.5 Å². The van der Waals surface area contributed by atoms with Gasteiger partial charge in [-0.2, -0.15) is 0 Å². The molecule has 0 fully saturated rings. The Morgan fingerprint density at radius 3 is 2.52 bits per heavy atom. The smallest absolute Gasteiger partial charge is 0.243 e. The Labute approximate surface area is 166 Å². The minimum atomic E-state index is -0.0156. The van der Waals surface area contributed by atoms with E-state index >= 15 is 0 Å². The number of carbonyl (C=O) groups excluding carboxylic acids is 1. The van der Waals surface area contributed by atoms with Gasteiger partial charge < -0.3 is 15.5 Å². The summed E-state index contributed by atoms with van der Waals surface area (Å²) >= 11 is 1.75. The van der Waals surface area contributed by atoms with Crippen LogP contribution >= 0.6 is 11.3 Å². The zero-order valence-corrected chi connectivity index (χ0v) is 17.4. The molecule has 0 radical (unpaired) electrons. The molecule has 1 amide bonds. The Balaban J connectivity index is 1.98. The lowest BCUT2D eigenvalue weighted by molar-refractivity contribution is -0.127. The van der Waals surface area contributed by atoms with Crippen LogP contribution in [0.3, 0.4) is 0 Å². The highest BCUT2D eigenvalue weighted by Gasteiger charge is 2.16. The van der Waals surface area contributed by atoms with E-state index in [-0.39, 0.29) is 18.5 Å². The summed E-state index contributed by atoms with van der Waals surface area (Å²) in [6.07, 6.45) is 0.933. The fraction of sp³-hybridized carbons (Fsp3) is 0.429. The molecular formula is C21H30N4OS. The van der Waals surface area contributed by atoms with Gasteiger partial charge in [-0.15, -0.1) is 11.3 Å². The van der Waals surface area contributed by atoms with Gasteiger partial charge >= 0.3 is 0 Å². The standard InChI is InChI=1S/C21H30N4OS/c1-16(18-9-6-5-7-10-18)17(2)24-21(23-15-20(26)25(3)4)22-13-12-19-11-8-14-27-19/h5-11,14,16-17H,12-13,15H2,1-4H3,(H2,22,23,24). The summed E-state index contributed by atoms with van der Waals surface area (Å²) in [5, 5.41) is 8.91. The number of hydrogen-bond donors (Lipinski definition) is 2. The zero-order valence-electron chi connectivity index (χ0n) is 16.6. The number of rotatable bonds is 8. The van der Waals surface area contributed by atoms with Crippen LogP contribution in [0.1, 0.15) is 30.2 Å². The number of aliphatic imine (C=N–C) groups is 1. The molecule has 2 aromatic rings. The van der Waals surface area contributed by atoms with E-state index in [0.717, 1.165) is 13.0 Å². The monoisotopic (exact) mass is 386 g/mol. The second kappa shape index (κ2) is 10.7. The molecule has 0 saturated heterocycles. The van der Waals surface area contributed by atoms with Crippen LogP contribution in [0.15, 0.2) is 52.8 Å². The Bertz CT molecular complexity index is 713. The lowest BCUT2D eigenvalue weighted by Gasteiger charge is -2.24. The Hall–Kier alpha value is -2.34. The van der Waals surface area contributed by atoms with Crippen molar-refractivity contribution in [2.24, 2.45) is 4.99 Å². The van der Waals surface area contributed by atoms with Gasteiger partial charge in [-0.05, 0) is 30.4 Å². The zero-order chi connectivity index (χ0) is 19.6. The number of benzene rings is 1. The minimum Gasteiger partial charge on any atom is -0.356 e. The first-order valence-electron chi connectivity index (χ1n) is 9.29. The minimum absolute atomic E-state index is 0.0156. The molecule has 2 rings (SSSR count). The summed E-state index contributed by atoms with van der Waals surface area (Å²) in [5.74, 6) is 0.982. The van der Waals surface area contributed by atoms with Gasteiger partial charge in [0.2, 0.25) is 5.91 Å². The van der Waals surface area contributed by atoms with Crippen LogP contribution < -0.4 is 10.6 Å². The van der Waals surface area contributed by atoms with Gasteiger partial charge in [0.05, 0.1) is 0 Å². The summed E-state index contributed by atoms with van der Waals surface area (Å²) in [6.45, 7) is 5.24. The van der Waals surface area contributed by atoms with Crippen molar-refractivity contribution in [3.63, 3.8) is 0 Å². The molecule has 1 aromatic carbocycles. The Kier molecular flexibility index (Phi) is 8.33. The third kappa shape index (κ3) is 7.06. The number of hydrogen-bond acceptors (Lipinski definition) is 3. The number of guanidine groups is 1. The average Bonchev–Trinajstić information content (AvgIpc) is 3.19. The fourth-order valence-electron chi connectivity index (χ4n) is 2.59. The maximum absolute atomic E-state index is 11.9. The average molecular weight is 387 g/mol. The second-order valence-electron chi connectivity index (χ2n) is 6.84. The van der Waals surface area contributed by atoms with Crippen molar-refractivity contribution in [2.75, 3.05) is 27.2 Å². The van der Waals surface area contributed by atoms with Gasteiger partial charge in [0.1, 0.15) is 6.54 Å². The number of nitrogens with zero attached hydrogens (tertiary/aromatic N) is 2. The molecule has 2 unspecified atom stereocenters. The number of likely N-dealkylation sites (N-methyl/N-ethyl adjacent to an activating group) is 1. The van der Waals surface area contributed by atoms with Crippen molar-refractivity contribution < 1.29 is 4.79 Å². The maximum Gasteiger partial charge on any atom is 0.243 e. The highest BCUT2D eigenvalue weighted by atomic mass is 32.1. The SMILES string of the molecule is CC(NC(=NCC(=O)N(C)C)NCCc1cccs1)C(C)c1ccccc1.